The molecule has 0 amide bonds. The Morgan fingerprint density at radius 3 is 1.23 bits per heavy atom. The molecule has 1 heteroatoms. The van der Waals surface area contributed by atoms with E-state index in [1.165, 1.54) is 44.8 Å². The van der Waals surface area contributed by atoms with Crippen LogP contribution in [0.5, 0.6) is 0 Å². The second kappa shape index (κ2) is 7.14. The van der Waals surface area contributed by atoms with E-state index >= 15 is 0 Å². The lowest BCUT2D eigenvalue weighted by Gasteiger charge is -2.41. The van der Waals surface area contributed by atoms with E-state index in [4.69, 9.17) is 0 Å². The van der Waals surface area contributed by atoms with Crippen molar-refractivity contribution < 1.29 is 0 Å². The van der Waals surface area contributed by atoms with Crippen LogP contribution in [0.15, 0.2) is 24.3 Å². The summed E-state index contributed by atoms with van der Waals surface area (Å²) in [5, 5.41) is 3.95. The van der Waals surface area contributed by atoms with Crippen molar-refractivity contribution in [1.82, 2.24) is 0 Å². The largest absolute Gasteiger partial charge is 0.355 e. The highest BCUT2D eigenvalue weighted by atomic mass is 14.9. The second-order valence-electron chi connectivity index (χ2n) is 12.5. The molecule has 1 aliphatic rings. The van der Waals surface area contributed by atoms with E-state index in [1.54, 1.807) is 0 Å². The van der Waals surface area contributed by atoms with Gasteiger partial charge in [-0.2, -0.15) is 0 Å². The number of nitrogens with one attached hydrogen (secondary N) is 1. The minimum Gasteiger partial charge on any atom is -0.355 e. The Bertz CT molecular complexity index is 882. The van der Waals surface area contributed by atoms with Gasteiger partial charge in [0.25, 0.3) is 0 Å². The molecule has 1 aliphatic heterocycles. The highest BCUT2D eigenvalue weighted by Gasteiger charge is 2.38. The van der Waals surface area contributed by atoms with Gasteiger partial charge in [-0.05, 0) is 56.0 Å². The van der Waals surface area contributed by atoms with Gasteiger partial charge < -0.3 is 5.32 Å². The lowest BCUT2D eigenvalue weighted by molar-refractivity contribution is 0.571. The van der Waals surface area contributed by atoms with E-state index in [9.17, 15) is 0 Å². The molecule has 0 unspecified atom stereocenters. The number of rotatable bonds is 2. The Labute approximate surface area is 185 Å². The van der Waals surface area contributed by atoms with Crippen LogP contribution in [0.3, 0.4) is 0 Å². The molecule has 0 bridgehead atoms. The summed E-state index contributed by atoms with van der Waals surface area (Å²) >= 11 is 0. The monoisotopic (exact) mass is 405 g/mol. The molecule has 30 heavy (non-hydrogen) atoms. The Morgan fingerprint density at radius 2 is 0.967 bits per heavy atom. The summed E-state index contributed by atoms with van der Waals surface area (Å²) in [7, 11) is 0. The van der Waals surface area contributed by atoms with Crippen LogP contribution in [0.4, 0.5) is 11.4 Å². The van der Waals surface area contributed by atoms with Crippen molar-refractivity contribution in [3.63, 3.8) is 0 Å². The summed E-state index contributed by atoms with van der Waals surface area (Å²) in [6.45, 7) is 28.0. The van der Waals surface area contributed by atoms with Gasteiger partial charge in [0, 0.05) is 16.8 Å². The first-order valence-corrected chi connectivity index (χ1v) is 11.7. The van der Waals surface area contributed by atoms with E-state index in [-0.39, 0.29) is 16.2 Å². The van der Waals surface area contributed by atoms with E-state index < -0.39 is 0 Å². The molecule has 1 N–H and O–H groups in total. The second-order valence-corrected chi connectivity index (χ2v) is 12.5. The number of hydrogen-bond acceptors (Lipinski definition) is 1. The third kappa shape index (κ3) is 3.81. The summed E-state index contributed by atoms with van der Waals surface area (Å²) in [6, 6.07) is 9.82. The summed E-state index contributed by atoms with van der Waals surface area (Å²) in [6.07, 6.45) is 0. The zero-order chi connectivity index (χ0) is 22.8. The number of benzene rings is 2. The highest BCUT2D eigenvalue weighted by Crippen LogP contribution is 2.52. The quantitative estimate of drug-likeness (QED) is 0.526. The average molecular weight is 406 g/mol. The van der Waals surface area contributed by atoms with Crippen LogP contribution in [0.2, 0.25) is 0 Å². The number of anilines is 2. The van der Waals surface area contributed by atoms with Gasteiger partial charge >= 0.3 is 0 Å². The van der Waals surface area contributed by atoms with Crippen LogP contribution in [0.1, 0.15) is 128 Å². The van der Waals surface area contributed by atoms with E-state index in [1.807, 2.05) is 0 Å². The highest BCUT2D eigenvalue weighted by molar-refractivity contribution is 5.81. The van der Waals surface area contributed by atoms with Crippen LogP contribution in [-0.4, -0.2) is 0 Å². The van der Waals surface area contributed by atoms with Gasteiger partial charge in [0.1, 0.15) is 0 Å². The Kier molecular flexibility index (Phi) is 5.46. The van der Waals surface area contributed by atoms with Crippen LogP contribution >= 0.6 is 0 Å². The van der Waals surface area contributed by atoms with Crippen LogP contribution in [0.25, 0.3) is 0 Å². The Hall–Kier alpha value is -1.76. The minimum absolute atomic E-state index is 0.0499. The third-order valence-corrected chi connectivity index (χ3v) is 6.91. The molecule has 3 rings (SSSR count). The van der Waals surface area contributed by atoms with E-state index in [0.717, 1.165) is 0 Å². The zero-order valence-corrected chi connectivity index (χ0v) is 21.5. The van der Waals surface area contributed by atoms with Crippen molar-refractivity contribution in [3.05, 3.63) is 57.6 Å². The van der Waals surface area contributed by atoms with Crippen molar-refractivity contribution in [3.8, 4) is 0 Å². The van der Waals surface area contributed by atoms with Gasteiger partial charge in [-0.3, -0.25) is 0 Å². The summed E-state index contributed by atoms with van der Waals surface area (Å²) in [5.74, 6) is 0.949. The van der Waals surface area contributed by atoms with Crippen LogP contribution in [0, 0.1) is 0 Å². The number of hydrogen-bond donors (Lipinski definition) is 1. The molecule has 1 heterocycles. The first-order chi connectivity index (χ1) is 13.5. The molecule has 0 fully saturated rings. The Morgan fingerprint density at radius 1 is 0.633 bits per heavy atom. The van der Waals surface area contributed by atoms with E-state index in [0.29, 0.717) is 11.8 Å². The van der Waals surface area contributed by atoms with E-state index in [2.05, 4.69) is 113 Å². The van der Waals surface area contributed by atoms with Crippen molar-refractivity contribution >= 4 is 11.4 Å². The summed E-state index contributed by atoms with van der Waals surface area (Å²) in [5.41, 5.74) is 11.5. The molecule has 0 atom stereocenters. The lowest BCUT2D eigenvalue weighted by atomic mass is 9.68. The van der Waals surface area contributed by atoms with Gasteiger partial charge in [-0.1, -0.05) is 107 Å². The average Bonchev–Trinajstić information content (AvgIpc) is 2.58. The number of fused-ring (bicyclic) bond motifs is 2. The molecule has 164 valence electrons. The first kappa shape index (κ1) is 22.9. The summed E-state index contributed by atoms with van der Waals surface area (Å²) < 4.78 is 0. The lowest BCUT2D eigenvalue weighted by Crippen LogP contribution is -2.30. The molecular weight excluding hydrogens is 362 g/mol. The summed E-state index contributed by atoms with van der Waals surface area (Å²) in [4.78, 5) is 0. The molecule has 2 aromatic carbocycles. The standard InChI is InChI=1S/C29H43N/c1-17(2)21-13-19(27(5,6)7)15-23-25(21)30-26-22(18(3)4)14-20(28(8,9)10)16-24(26)29(23,11)12/h13-18,30H,1-12H3. The maximum absolute atomic E-state index is 3.95. The van der Waals surface area contributed by atoms with Gasteiger partial charge in [-0.25, -0.2) is 0 Å². The zero-order valence-electron chi connectivity index (χ0n) is 21.5. The molecule has 2 aromatic rings. The molecule has 0 saturated carbocycles. The van der Waals surface area contributed by atoms with Gasteiger partial charge in [0.2, 0.25) is 0 Å². The van der Waals surface area contributed by atoms with Crippen LogP contribution < -0.4 is 5.32 Å². The van der Waals surface area contributed by atoms with Crippen LogP contribution in [-0.2, 0) is 16.2 Å². The van der Waals surface area contributed by atoms with Crippen molar-refractivity contribution in [2.75, 3.05) is 5.32 Å². The first-order valence-electron chi connectivity index (χ1n) is 11.7. The molecule has 0 aliphatic carbocycles. The third-order valence-electron chi connectivity index (χ3n) is 6.91. The predicted octanol–water partition coefficient (Wildman–Crippen LogP) is 8.91. The Balaban J connectivity index is 2.38. The van der Waals surface area contributed by atoms with Crippen molar-refractivity contribution in [2.45, 2.75) is 111 Å². The topological polar surface area (TPSA) is 12.0 Å². The maximum atomic E-state index is 3.95. The fourth-order valence-electron chi connectivity index (χ4n) is 4.64. The van der Waals surface area contributed by atoms with Crippen molar-refractivity contribution in [1.29, 1.82) is 0 Å². The molecule has 0 aromatic heterocycles. The molecular formula is C29H43N. The molecule has 0 spiro atoms. The van der Waals surface area contributed by atoms with Gasteiger partial charge in [0.15, 0.2) is 0 Å². The maximum Gasteiger partial charge on any atom is 0.0461 e. The SMILES string of the molecule is CC(C)c1cc(C(C)(C)C)cc2c1Nc1c(C(C)C)cc(C(C)(C)C)cc1C2(C)C. The minimum atomic E-state index is -0.0499. The molecule has 1 nitrogen and oxygen atoms in total. The van der Waals surface area contributed by atoms with Gasteiger partial charge in [0.05, 0.1) is 0 Å². The van der Waals surface area contributed by atoms with Crippen molar-refractivity contribution in [2.24, 2.45) is 0 Å². The molecule has 0 radical (unpaired) electrons. The fourth-order valence-corrected chi connectivity index (χ4v) is 4.64. The smallest absolute Gasteiger partial charge is 0.0461 e. The predicted molar refractivity (Wildman–Crippen MR) is 134 cm³/mol. The normalized spacial score (nSPS) is 15.8. The molecule has 0 saturated heterocycles. The fraction of sp³-hybridized carbons (Fsp3) is 0.586. The van der Waals surface area contributed by atoms with Gasteiger partial charge in [-0.15, -0.1) is 0 Å².